The molecule has 0 saturated carbocycles. The molecule has 0 amide bonds. The van der Waals surface area contributed by atoms with Crippen molar-refractivity contribution in [2.24, 2.45) is 0 Å². The molecule has 0 heterocycles. The van der Waals surface area contributed by atoms with Gasteiger partial charge in [0.25, 0.3) is 0 Å². The van der Waals surface area contributed by atoms with Crippen molar-refractivity contribution in [1.82, 2.24) is 0 Å². The zero-order chi connectivity index (χ0) is 16.1. The maximum Gasteiger partial charge on any atom is 0.339 e. The van der Waals surface area contributed by atoms with Gasteiger partial charge in [-0.05, 0) is 38.0 Å². The molecule has 2 rings (SSSR count). The highest BCUT2D eigenvalue weighted by Gasteiger charge is 2.17. The first-order chi connectivity index (χ1) is 10.5. The van der Waals surface area contributed by atoms with Gasteiger partial charge < -0.3 is 14.6 Å². The Kier molecular flexibility index (Phi) is 5.04. The fraction of sp³-hybridized carbons (Fsp3) is 0.278. The number of hydrogen-bond acceptors (Lipinski definition) is 3. The summed E-state index contributed by atoms with van der Waals surface area (Å²) in [6.45, 7) is 5.89. The Balaban J connectivity index is 2.25. The van der Waals surface area contributed by atoms with Gasteiger partial charge in [-0.25, -0.2) is 4.79 Å². The number of hydrogen-bond donors (Lipinski definition) is 1. The molecule has 0 unspecified atom stereocenters. The van der Waals surface area contributed by atoms with Crippen molar-refractivity contribution in [2.75, 3.05) is 0 Å². The van der Waals surface area contributed by atoms with Crippen molar-refractivity contribution >= 4 is 5.97 Å². The van der Waals surface area contributed by atoms with Crippen LogP contribution in [0.25, 0.3) is 0 Å². The molecule has 0 aromatic heterocycles. The first kappa shape index (κ1) is 15.9. The van der Waals surface area contributed by atoms with E-state index in [9.17, 15) is 9.90 Å². The summed E-state index contributed by atoms with van der Waals surface area (Å²) in [6.07, 6.45) is -0.109. The summed E-state index contributed by atoms with van der Waals surface area (Å²) in [5, 5.41) is 9.34. The number of carboxylic acids is 1. The average Bonchev–Trinajstić information content (AvgIpc) is 2.44. The van der Waals surface area contributed by atoms with Crippen LogP contribution in [0.4, 0.5) is 0 Å². The van der Waals surface area contributed by atoms with E-state index >= 15 is 0 Å². The van der Waals surface area contributed by atoms with Crippen LogP contribution in [0.2, 0.25) is 0 Å². The number of rotatable bonds is 6. The largest absolute Gasteiger partial charge is 0.490 e. The van der Waals surface area contributed by atoms with Gasteiger partial charge in [0.05, 0.1) is 6.10 Å². The predicted octanol–water partition coefficient (Wildman–Crippen LogP) is 4.06. The lowest BCUT2D eigenvalue weighted by Crippen LogP contribution is -2.11. The Morgan fingerprint density at radius 2 is 1.86 bits per heavy atom. The van der Waals surface area contributed by atoms with Crippen molar-refractivity contribution in [3.8, 4) is 11.5 Å². The molecule has 0 fully saturated rings. The second kappa shape index (κ2) is 6.98. The lowest BCUT2D eigenvalue weighted by Gasteiger charge is -2.16. The van der Waals surface area contributed by atoms with E-state index in [4.69, 9.17) is 9.47 Å². The molecule has 0 aliphatic rings. The van der Waals surface area contributed by atoms with Crippen LogP contribution in [-0.2, 0) is 6.61 Å². The van der Waals surface area contributed by atoms with E-state index < -0.39 is 5.97 Å². The Bertz CT molecular complexity index is 648. The quantitative estimate of drug-likeness (QED) is 0.874. The normalized spacial score (nSPS) is 10.5. The van der Waals surface area contributed by atoms with E-state index in [1.807, 2.05) is 44.2 Å². The molecule has 0 atom stereocenters. The maximum atomic E-state index is 11.4. The fourth-order valence-electron chi connectivity index (χ4n) is 2.17. The highest BCUT2D eigenvalue weighted by atomic mass is 16.5. The first-order valence-corrected chi connectivity index (χ1v) is 7.18. The topological polar surface area (TPSA) is 55.8 Å². The van der Waals surface area contributed by atoms with E-state index in [0.29, 0.717) is 23.7 Å². The molecule has 22 heavy (non-hydrogen) atoms. The molecular weight excluding hydrogens is 280 g/mol. The molecule has 4 heteroatoms. The zero-order valence-corrected chi connectivity index (χ0v) is 13.0. The SMILES string of the molecule is Cc1cc(OCc2ccccc2)cc(OC(C)C)c1C(=O)O. The molecule has 4 nitrogen and oxygen atoms in total. The van der Waals surface area contributed by atoms with Gasteiger partial charge in [-0.15, -0.1) is 0 Å². The Morgan fingerprint density at radius 1 is 1.18 bits per heavy atom. The van der Waals surface area contributed by atoms with Gasteiger partial charge in [-0.1, -0.05) is 30.3 Å². The number of ether oxygens (including phenoxy) is 2. The van der Waals surface area contributed by atoms with Crippen LogP contribution < -0.4 is 9.47 Å². The Morgan fingerprint density at radius 3 is 2.45 bits per heavy atom. The van der Waals surface area contributed by atoms with E-state index in [0.717, 1.165) is 5.56 Å². The van der Waals surface area contributed by atoms with E-state index in [-0.39, 0.29) is 11.7 Å². The summed E-state index contributed by atoms with van der Waals surface area (Å²) in [6, 6.07) is 13.2. The summed E-state index contributed by atoms with van der Waals surface area (Å²) >= 11 is 0. The minimum absolute atomic E-state index is 0.109. The van der Waals surface area contributed by atoms with Gasteiger partial charge >= 0.3 is 5.97 Å². The van der Waals surface area contributed by atoms with Crippen LogP contribution in [0.1, 0.15) is 35.3 Å². The summed E-state index contributed by atoms with van der Waals surface area (Å²) in [5.74, 6) is -0.0599. The van der Waals surface area contributed by atoms with Crippen LogP contribution in [0, 0.1) is 6.92 Å². The van der Waals surface area contributed by atoms with Gasteiger partial charge in [-0.3, -0.25) is 0 Å². The molecule has 0 saturated heterocycles. The highest BCUT2D eigenvalue weighted by Crippen LogP contribution is 2.30. The number of carbonyl (C=O) groups is 1. The summed E-state index contributed by atoms with van der Waals surface area (Å²) in [7, 11) is 0. The maximum absolute atomic E-state index is 11.4. The standard InChI is InChI=1S/C18H20O4/c1-12(2)22-16-10-15(9-13(3)17(16)18(19)20)21-11-14-7-5-4-6-8-14/h4-10,12H,11H2,1-3H3,(H,19,20). The predicted molar refractivity (Wildman–Crippen MR) is 84.7 cm³/mol. The third kappa shape index (κ3) is 4.01. The van der Waals surface area contributed by atoms with Gasteiger partial charge in [0, 0.05) is 6.07 Å². The molecule has 2 aromatic rings. The van der Waals surface area contributed by atoms with E-state index in [1.165, 1.54) is 0 Å². The number of aromatic carboxylic acids is 1. The third-order valence-electron chi connectivity index (χ3n) is 3.10. The van der Waals surface area contributed by atoms with Crippen LogP contribution in [-0.4, -0.2) is 17.2 Å². The van der Waals surface area contributed by atoms with Crippen molar-refractivity contribution in [1.29, 1.82) is 0 Å². The van der Waals surface area contributed by atoms with E-state index in [1.54, 1.807) is 19.1 Å². The van der Waals surface area contributed by atoms with Crippen LogP contribution in [0.15, 0.2) is 42.5 Å². The molecule has 0 bridgehead atoms. The van der Waals surface area contributed by atoms with Crippen LogP contribution >= 0.6 is 0 Å². The monoisotopic (exact) mass is 300 g/mol. The van der Waals surface area contributed by atoms with Gasteiger partial charge in [0.2, 0.25) is 0 Å². The highest BCUT2D eigenvalue weighted by molar-refractivity contribution is 5.93. The molecule has 1 N–H and O–H groups in total. The average molecular weight is 300 g/mol. The second-order valence-electron chi connectivity index (χ2n) is 5.36. The molecule has 116 valence electrons. The van der Waals surface area contributed by atoms with Crippen LogP contribution in [0.3, 0.4) is 0 Å². The van der Waals surface area contributed by atoms with Crippen LogP contribution in [0.5, 0.6) is 11.5 Å². The summed E-state index contributed by atoms with van der Waals surface area (Å²) in [5.41, 5.74) is 1.85. The van der Waals surface area contributed by atoms with Crippen molar-refractivity contribution in [2.45, 2.75) is 33.5 Å². The lowest BCUT2D eigenvalue weighted by molar-refractivity contribution is 0.0689. The molecule has 2 aromatic carbocycles. The van der Waals surface area contributed by atoms with Gasteiger partial charge in [0.15, 0.2) is 0 Å². The Hall–Kier alpha value is -2.49. The number of aryl methyl sites for hydroxylation is 1. The van der Waals surface area contributed by atoms with E-state index in [2.05, 4.69) is 0 Å². The zero-order valence-electron chi connectivity index (χ0n) is 13.0. The van der Waals surface area contributed by atoms with Crippen molar-refractivity contribution < 1.29 is 19.4 Å². The smallest absolute Gasteiger partial charge is 0.339 e. The number of benzene rings is 2. The lowest BCUT2D eigenvalue weighted by atomic mass is 10.1. The van der Waals surface area contributed by atoms with Crippen molar-refractivity contribution in [3.05, 3.63) is 59.2 Å². The first-order valence-electron chi connectivity index (χ1n) is 7.18. The number of carboxylic acid groups (broad SMARTS) is 1. The van der Waals surface area contributed by atoms with Gasteiger partial charge in [-0.2, -0.15) is 0 Å². The summed E-state index contributed by atoms with van der Waals surface area (Å²) in [4.78, 5) is 11.4. The fourth-order valence-corrected chi connectivity index (χ4v) is 2.17. The summed E-state index contributed by atoms with van der Waals surface area (Å²) < 4.78 is 11.4. The molecule has 0 aliphatic carbocycles. The minimum atomic E-state index is -0.997. The minimum Gasteiger partial charge on any atom is -0.490 e. The molecule has 0 aliphatic heterocycles. The second-order valence-corrected chi connectivity index (χ2v) is 5.36. The van der Waals surface area contributed by atoms with Gasteiger partial charge in [0.1, 0.15) is 23.7 Å². The molecule has 0 radical (unpaired) electrons. The molecular formula is C18H20O4. The molecule has 0 spiro atoms. The third-order valence-corrected chi connectivity index (χ3v) is 3.10. The van der Waals surface area contributed by atoms with Crippen molar-refractivity contribution in [3.63, 3.8) is 0 Å². The Labute approximate surface area is 130 Å².